The second-order valence-electron chi connectivity index (χ2n) is 6.94. The van der Waals surface area contributed by atoms with E-state index in [-0.39, 0.29) is 11.6 Å². The number of alkyl halides is 3. The van der Waals surface area contributed by atoms with E-state index in [1.54, 1.807) is 24.3 Å². The Morgan fingerprint density at radius 1 is 1.00 bits per heavy atom. The molecule has 0 spiro atoms. The van der Waals surface area contributed by atoms with E-state index in [1.807, 2.05) is 13.8 Å². The Bertz CT molecular complexity index is 991. The lowest BCUT2D eigenvalue weighted by molar-refractivity contribution is -0.137. The fourth-order valence-electron chi connectivity index (χ4n) is 2.47. The van der Waals surface area contributed by atoms with Gasteiger partial charge < -0.3 is 15.4 Å². The third kappa shape index (κ3) is 5.82. The molecule has 0 amide bonds. The molecule has 3 rings (SSSR count). The number of halogens is 4. The normalized spacial score (nSPS) is 11.4. The molecule has 9 heteroatoms. The number of hydrogen-bond acceptors (Lipinski definition) is 5. The smallest absolute Gasteiger partial charge is 0.421 e. The Morgan fingerprint density at radius 3 is 2.37 bits per heavy atom. The van der Waals surface area contributed by atoms with Crippen LogP contribution >= 0.6 is 0 Å². The van der Waals surface area contributed by atoms with Crippen molar-refractivity contribution in [3.63, 3.8) is 0 Å². The Kier molecular flexibility index (Phi) is 6.39. The number of benzene rings is 2. The summed E-state index contributed by atoms with van der Waals surface area (Å²) in [5.41, 5.74) is -0.352. The Morgan fingerprint density at radius 2 is 1.73 bits per heavy atom. The molecule has 0 saturated carbocycles. The van der Waals surface area contributed by atoms with Crippen LogP contribution in [-0.4, -0.2) is 16.6 Å². The maximum Gasteiger partial charge on any atom is 0.421 e. The van der Waals surface area contributed by atoms with Crippen molar-refractivity contribution in [2.75, 3.05) is 17.2 Å². The molecule has 0 radical (unpaired) electrons. The van der Waals surface area contributed by atoms with Crippen LogP contribution in [-0.2, 0) is 6.18 Å². The number of nitrogens with zero attached hydrogens (tertiary/aromatic N) is 2. The second-order valence-corrected chi connectivity index (χ2v) is 6.94. The van der Waals surface area contributed by atoms with Gasteiger partial charge in [-0.05, 0) is 48.4 Å². The molecule has 0 aliphatic carbocycles. The number of rotatable bonds is 7. The predicted octanol–water partition coefficient (Wildman–Crippen LogP) is 6.16. The molecule has 30 heavy (non-hydrogen) atoms. The number of aromatic nitrogens is 2. The summed E-state index contributed by atoms with van der Waals surface area (Å²) < 4.78 is 59.0. The van der Waals surface area contributed by atoms with Crippen molar-refractivity contribution in [3.8, 4) is 5.75 Å². The van der Waals surface area contributed by atoms with Crippen molar-refractivity contribution in [3.05, 3.63) is 66.1 Å². The van der Waals surface area contributed by atoms with Gasteiger partial charge >= 0.3 is 6.18 Å². The van der Waals surface area contributed by atoms with Crippen LogP contribution < -0.4 is 15.4 Å². The summed E-state index contributed by atoms with van der Waals surface area (Å²) in [5, 5.41) is 5.36. The summed E-state index contributed by atoms with van der Waals surface area (Å²) in [6.07, 6.45) is -4.00. The highest BCUT2D eigenvalue weighted by molar-refractivity contribution is 5.63. The van der Waals surface area contributed by atoms with E-state index in [1.165, 1.54) is 18.2 Å². The zero-order valence-corrected chi connectivity index (χ0v) is 16.3. The molecule has 0 aliphatic heterocycles. The molecule has 2 N–H and O–H groups in total. The van der Waals surface area contributed by atoms with E-state index >= 15 is 0 Å². The summed E-state index contributed by atoms with van der Waals surface area (Å²) in [7, 11) is 0. The van der Waals surface area contributed by atoms with Crippen molar-refractivity contribution in [1.82, 2.24) is 9.97 Å². The fourth-order valence-corrected chi connectivity index (χ4v) is 2.47. The molecule has 1 heterocycles. The van der Waals surface area contributed by atoms with Crippen LogP contribution in [0.1, 0.15) is 19.4 Å². The van der Waals surface area contributed by atoms with E-state index in [4.69, 9.17) is 4.74 Å². The Labute approximate surface area is 171 Å². The monoisotopic (exact) mass is 420 g/mol. The first-order chi connectivity index (χ1) is 14.2. The van der Waals surface area contributed by atoms with Gasteiger partial charge in [0.15, 0.2) is 0 Å². The molecule has 2 aromatic carbocycles. The first kappa shape index (κ1) is 21.4. The summed E-state index contributed by atoms with van der Waals surface area (Å²) in [5.74, 6) is -0.0515. The minimum atomic E-state index is -4.68. The van der Waals surface area contributed by atoms with Gasteiger partial charge in [-0.15, -0.1) is 0 Å². The predicted molar refractivity (Wildman–Crippen MR) is 107 cm³/mol. The lowest BCUT2D eigenvalue weighted by Gasteiger charge is -2.15. The van der Waals surface area contributed by atoms with Gasteiger partial charge in [0.25, 0.3) is 0 Å². The highest BCUT2D eigenvalue weighted by Crippen LogP contribution is 2.35. The molecule has 3 aromatic rings. The molecule has 0 unspecified atom stereocenters. The van der Waals surface area contributed by atoms with Crippen molar-refractivity contribution in [2.45, 2.75) is 20.0 Å². The highest BCUT2D eigenvalue weighted by Gasteiger charge is 2.35. The van der Waals surface area contributed by atoms with Crippen molar-refractivity contribution >= 4 is 23.1 Å². The van der Waals surface area contributed by atoms with E-state index in [0.717, 1.165) is 6.07 Å². The molecule has 158 valence electrons. The maximum absolute atomic E-state index is 13.4. The van der Waals surface area contributed by atoms with Gasteiger partial charge in [-0.1, -0.05) is 19.9 Å². The van der Waals surface area contributed by atoms with Crippen LogP contribution in [0.25, 0.3) is 0 Å². The zero-order valence-electron chi connectivity index (χ0n) is 16.3. The van der Waals surface area contributed by atoms with Gasteiger partial charge in [0.1, 0.15) is 22.9 Å². The standard InChI is InChI=1S/C21H20F4N4O/c1-13(2)12-30-17-8-6-15(7-9-17)28-20-26-11-18(21(23,24)25)19(29-20)27-16-5-3-4-14(22)10-16/h3-11,13H,12H2,1-2H3,(H2,26,27,28,29). The van der Waals surface area contributed by atoms with Gasteiger partial charge in [-0.3, -0.25) is 0 Å². The average Bonchev–Trinajstić information content (AvgIpc) is 2.67. The van der Waals surface area contributed by atoms with Gasteiger partial charge in [0.2, 0.25) is 5.95 Å². The first-order valence-electron chi connectivity index (χ1n) is 9.17. The molecule has 0 atom stereocenters. The third-order valence-electron chi connectivity index (χ3n) is 3.88. The van der Waals surface area contributed by atoms with Gasteiger partial charge in [-0.2, -0.15) is 18.2 Å². The minimum Gasteiger partial charge on any atom is -0.493 e. The maximum atomic E-state index is 13.4. The second kappa shape index (κ2) is 8.98. The largest absolute Gasteiger partial charge is 0.493 e. The molecule has 5 nitrogen and oxygen atoms in total. The topological polar surface area (TPSA) is 59.1 Å². The molecular formula is C21H20F4N4O. The minimum absolute atomic E-state index is 0.0437. The molecule has 0 aliphatic rings. The fraction of sp³-hybridized carbons (Fsp3) is 0.238. The number of ether oxygens (including phenoxy) is 1. The van der Waals surface area contributed by atoms with Crippen LogP contribution in [0, 0.1) is 11.7 Å². The van der Waals surface area contributed by atoms with E-state index in [2.05, 4.69) is 20.6 Å². The first-order valence-corrected chi connectivity index (χ1v) is 9.17. The summed E-state index contributed by atoms with van der Waals surface area (Å²) >= 11 is 0. The van der Waals surface area contributed by atoms with Crippen LogP contribution in [0.15, 0.2) is 54.7 Å². The summed E-state index contributed by atoms with van der Waals surface area (Å²) in [6, 6.07) is 12.0. The van der Waals surface area contributed by atoms with Gasteiger partial charge in [-0.25, -0.2) is 9.37 Å². The quantitative estimate of drug-likeness (QED) is 0.449. The van der Waals surface area contributed by atoms with E-state index < -0.39 is 23.4 Å². The van der Waals surface area contributed by atoms with Gasteiger partial charge in [0.05, 0.1) is 6.61 Å². The van der Waals surface area contributed by atoms with E-state index in [0.29, 0.717) is 30.2 Å². The zero-order chi connectivity index (χ0) is 21.7. The Hall–Kier alpha value is -3.36. The third-order valence-corrected chi connectivity index (χ3v) is 3.88. The molecule has 0 saturated heterocycles. The molecule has 1 aromatic heterocycles. The van der Waals surface area contributed by atoms with Crippen molar-refractivity contribution in [2.24, 2.45) is 5.92 Å². The van der Waals surface area contributed by atoms with Gasteiger partial charge in [0, 0.05) is 17.6 Å². The van der Waals surface area contributed by atoms with Crippen LogP contribution in [0.2, 0.25) is 0 Å². The number of nitrogens with one attached hydrogen (secondary N) is 2. The molecule has 0 fully saturated rings. The number of hydrogen-bond donors (Lipinski definition) is 2. The Balaban J connectivity index is 1.82. The highest BCUT2D eigenvalue weighted by atomic mass is 19.4. The lowest BCUT2D eigenvalue weighted by atomic mass is 10.2. The SMILES string of the molecule is CC(C)COc1ccc(Nc2ncc(C(F)(F)F)c(Nc3cccc(F)c3)n2)cc1. The number of anilines is 4. The average molecular weight is 420 g/mol. The van der Waals surface area contributed by atoms with Crippen molar-refractivity contribution in [1.29, 1.82) is 0 Å². The summed E-state index contributed by atoms with van der Waals surface area (Å²) in [6.45, 7) is 4.64. The van der Waals surface area contributed by atoms with Crippen molar-refractivity contribution < 1.29 is 22.3 Å². The van der Waals surface area contributed by atoms with Crippen LogP contribution in [0.3, 0.4) is 0 Å². The van der Waals surface area contributed by atoms with Crippen LogP contribution in [0.4, 0.5) is 40.7 Å². The van der Waals surface area contributed by atoms with E-state index in [9.17, 15) is 17.6 Å². The lowest BCUT2D eigenvalue weighted by Crippen LogP contribution is -2.12. The van der Waals surface area contributed by atoms with Crippen LogP contribution in [0.5, 0.6) is 5.75 Å². The molecule has 0 bridgehead atoms. The molecular weight excluding hydrogens is 400 g/mol. The summed E-state index contributed by atoms with van der Waals surface area (Å²) in [4.78, 5) is 7.69.